The van der Waals surface area contributed by atoms with Crippen molar-refractivity contribution >= 4 is 0 Å². The molecule has 1 rings (SSSR count). The van der Waals surface area contributed by atoms with E-state index in [4.69, 9.17) is 5.26 Å². The van der Waals surface area contributed by atoms with Gasteiger partial charge in [0.1, 0.15) is 11.9 Å². The average molecular weight is 177 g/mol. The lowest BCUT2D eigenvalue weighted by Gasteiger charge is -2.10. The highest BCUT2D eigenvalue weighted by molar-refractivity contribution is 5.01. The summed E-state index contributed by atoms with van der Waals surface area (Å²) in [5.74, 6) is 1.02. The fraction of sp³-hybridized carbons (Fsp3) is 0.600. The molecule has 1 unspecified atom stereocenters. The van der Waals surface area contributed by atoms with Gasteiger partial charge in [-0.15, -0.1) is 0 Å². The molecule has 70 valence electrons. The lowest BCUT2D eigenvalue weighted by molar-refractivity contribution is 0.564. The van der Waals surface area contributed by atoms with Crippen LogP contribution in [0.4, 0.5) is 0 Å². The number of hydrogen-bond donors (Lipinski definition) is 0. The first-order chi connectivity index (χ1) is 6.33. The summed E-state index contributed by atoms with van der Waals surface area (Å²) in [5.41, 5.74) is 0. The third-order valence-electron chi connectivity index (χ3n) is 2.09. The monoisotopic (exact) mass is 177 g/mol. The van der Waals surface area contributed by atoms with Crippen molar-refractivity contribution in [2.24, 2.45) is 0 Å². The molecule has 0 aliphatic carbocycles. The van der Waals surface area contributed by atoms with E-state index in [0.29, 0.717) is 0 Å². The van der Waals surface area contributed by atoms with Gasteiger partial charge in [0.2, 0.25) is 0 Å². The van der Waals surface area contributed by atoms with Crippen molar-refractivity contribution in [3.05, 3.63) is 18.2 Å². The molecule has 0 amide bonds. The highest BCUT2D eigenvalue weighted by Crippen LogP contribution is 2.13. The summed E-state index contributed by atoms with van der Waals surface area (Å²) in [6.07, 6.45) is 6.51. The molecule has 0 spiro atoms. The summed E-state index contributed by atoms with van der Waals surface area (Å²) < 4.78 is 1.98. The molecule has 0 aliphatic rings. The van der Waals surface area contributed by atoms with Gasteiger partial charge in [-0.1, -0.05) is 13.8 Å². The molecule has 1 aromatic heterocycles. The van der Waals surface area contributed by atoms with Crippen molar-refractivity contribution in [3.8, 4) is 6.07 Å². The van der Waals surface area contributed by atoms with E-state index in [1.165, 1.54) is 0 Å². The van der Waals surface area contributed by atoms with Crippen LogP contribution in [0.5, 0.6) is 0 Å². The third-order valence-corrected chi connectivity index (χ3v) is 2.09. The quantitative estimate of drug-likeness (QED) is 0.708. The second-order valence-electron chi connectivity index (χ2n) is 3.05. The molecule has 1 atom stereocenters. The maximum absolute atomic E-state index is 8.89. The van der Waals surface area contributed by atoms with Crippen LogP contribution < -0.4 is 0 Å². The van der Waals surface area contributed by atoms with E-state index < -0.39 is 0 Å². The van der Waals surface area contributed by atoms with Gasteiger partial charge in [0.15, 0.2) is 0 Å². The van der Waals surface area contributed by atoms with Crippen LogP contribution in [-0.4, -0.2) is 9.55 Å². The zero-order valence-corrected chi connectivity index (χ0v) is 8.20. The number of aromatic nitrogens is 2. The Kier molecular flexibility index (Phi) is 3.51. The van der Waals surface area contributed by atoms with Crippen LogP contribution in [0.25, 0.3) is 0 Å². The van der Waals surface area contributed by atoms with Crippen molar-refractivity contribution in [3.63, 3.8) is 0 Å². The molecule has 0 bridgehead atoms. The molecule has 3 nitrogen and oxygen atoms in total. The Balaban J connectivity index is 2.86. The second-order valence-corrected chi connectivity index (χ2v) is 3.05. The Morgan fingerprint density at radius 1 is 1.62 bits per heavy atom. The fourth-order valence-electron chi connectivity index (χ4n) is 1.40. The largest absolute Gasteiger partial charge is 0.318 e. The summed E-state index contributed by atoms with van der Waals surface area (Å²) in [6.45, 7) is 4.13. The van der Waals surface area contributed by atoms with Crippen LogP contribution in [0.1, 0.15) is 38.6 Å². The van der Waals surface area contributed by atoms with Crippen LogP contribution in [0, 0.1) is 11.3 Å². The van der Waals surface area contributed by atoms with Gasteiger partial charge >= 0.3 is 0 Å². The Hall–Kier alpha value is -1.30. The van der Waals surface area contributed by atoms with Gasteiger partial charge in [-0.2, -0.15) is 5.26 Å². The molecule has 1 heterocycles. The third kappa shape index (κ3) is 2.09. The summed E-state index contributed by atoms with van der Waals surface area (Å²) in [5, 5.41) is 8.89. The minimum atomic E-state index is -0.0518. The van der Waals surface area contributed by atoms with Crippen LogP contribution >= 0.6 is 0 Å². The molecular weight excluding hydrogens is 162 g/mol. The van der Waals surface area contributed by atoms with Gasteiger partial charge < -0.3 is 4.57 Å². The number of rotatable bonds is 4. The first-order valence-electron chi connectivity index (χ1n) is 4.74. The van der Waals surface area contributed by atoms with E-state index in [1.807, 2.05) is 17.7 Å². The number of nitrogens with zero attached hydrogens (tertiary/aromatic N) is 3. The predicted molar refractivity (Wildman–Crippen MR) is 51.2 cm³/mol. The van der Waals surface area contributed by atoms with Gasteiger partial charge in [0.05, 0.1) is 6.07 Å². The zero-order chi connectivity index (χ0) is 9.68. The molecule has 1 aromatic rings. The average Bonchev–Trinajstić information content (AvgIpc) is 2.57. The standard InChI is InChI=1S/C10H15N3/c1-3-5-10-12-6-7-13(10)9(4-2)8-11/h6-7,9H,3-5H2,1-2H3. The molecule has 0 fully saturated rings. The van der Waals surface area contributed by atoms with E-state index in [1.54, 1.807) is 6.20 Å². The molecule has 0 aromatic carbocycles. The molecular formula is C10H15N3. The molecule has 13 heavy (non-hydrogen) atoms. The SMILES string of the molecule is CCCc1nccn1C(C#N)CC. The summed E-state index contributed by atoms with van der Waals surface area (Å²) >= 11 is 0. The Labute approximate surface area is 79.0 Å². The van der Waals surface area contributed by atoms with Gasteiger partial charge in [0.25, 0.3) is 0 Å². The minimum Gasteiger partial charge on any atom is -0.318 e. The van der Waals surface area contributed by atoms with Gasteiger partial charge in [-0.05, 0) is 12.8 Å². The lowest BCUT2D eigenvalue weighted by Crippen LogP contribution is -2.08. The van der Waals surface area contributed by atoms with Gasteiger partial charge in [0, 0.05) is 18.8 Å². The molecule has 3 heteroatoms. The Bertz CT molecular complexity index is 295. The maximum Gasteiger partial charge on any atom is 0.121 e. The highest BCUT2D eigenvalue weighted by atomic mass is 15.1. The summed E-state index contributed by atoms with van der Waals surface area (Å²) in [6, 6.07) is 2.22. The highest BCUT2D eigenvalue weighted by Gasteiger charge is 2.10. The Morgan fingerprint density at radius 2 is 2.38 bits per heavy atom. The van der Waals surface area contributed by atoms with Crippen LogP contribution in [0.3, 0.4) is 0 Å². The molecule has 0 saturated carbocycles. The summed E-state index contributed by atoms with van der Waals surface area (Å²) in [4.78, 5) is 4.23. The second kappa shape index (κ2) is 4.66. The van der Waals surface area contributed by atoms with E-state index in [2.05, 4.69) is 18.0 Å². The van der Waals surface area contributed by atoms with Gasteiger partial charge in [-0.3, -0.25) is 0 Å². The van der Waals surface area contributed by atoms with E-state index in [0.717, 1.165) is 25.1 Å². The lowest BCUT2D eigenvalue weighted by atomic mass is 10.2. The topological polar surface area (TPSA) is 41.6 Å². The zero-order valence-electron chi connectivity index (χ0n) is 8.20. The van der Waals surface area contributed by atoms with Crippen molar-refractivity contribution in [2.75, 3.05) is 0 Å². The summed E-state index contributed by atoms with van der Waals surface area (Å²) in [7, 11) is 0. The van der Waals surface area contributed by atoms with Crippen LogP contribution in [0.15, 0.2) is 12.4 Å². The van der Waals surface area contributed by atoms with Crippen molar-refractivity contribution in [1.29, 1.82) is 5.26 Å². The molecule has 0 N–H and O–H groups in total. The number of aryl methyl sites for hydroxylation is 1. The smallest absolute Gasteiger partial charge is 0.121 e. The number of imidazole rings is 1. The molecule has 0 radical (unpaired) electrons. The van der Waals surface area contributed by atoms with Crippen molar-refractivity contribution in [1.82, 2.24) is 9.55 Å². The first-order valence-corrected chi connectivity index (χ1v) is 4.74. The van der Waals surface area contributed by atoms with Crippen molar-refractivity contribution < 1.29 is 0 Å². The van der Waals surface area contributed by atoms with Crippen molar-refractivity contribution in [2.45, 2.75) is 39.2 Å². The minimum absolute atomic E-state index is 0.0518. The van der Waals surface area contributed by atoms with Crippen LogP contribution in [0.2, 0.25) is 0 Å². The van der Waals surface area contributed by atoms with E-state index >= 15 is 0 Å². The molecule has 0 aliphatic heterocycles. The first kappa shape index (κ1) is 9.79. The number of nitriles is 1. The molecule has 0 saturated heterocycles. The normalized spacial score (nSPS) is 12.4. The van der Waals surface area contributed by atoms with E-state index in [-0.39, 0.29) is 6.04 Å². The fourth-order valence-corrected chi connectivity index (χ4v) is 1.40. The predicted octanol–water partition coefficient (Wildman–Crippen LogP) is 2.31. The van der Waals surface area contributed by atoms with Crippen LogP contribution in [-0.2, 0) is 6.42 Å². The number of hydrogen-bond acceptors (Lipinski definition) is 2. The Morgan fingerprint density at radius 3 is 2.92 bits per heavy atom. The van der Waals surface area contributed by atoms with Gasteiger partial charge in [-0.25, -0.2) is 4.98 Å². The van der Waals surface area contributed by atoms with E-state index in [9.17, 15) is 0 Å². The maximum atomic E-state index is 8.89.